The van der Waals surface area contributed by atoms with E-state index in [0.717, 1.165) is 37.4 Å². The van der Waals surface area contributed by atoms with E-state index in [9.17, 15) is 9.59 Å². The summed E-state index contributed by atoms with van der Waals surface area (Å²) >= 11 is 5.96. The molecule has 1 fully saturated rings. The summed E-state index contributed by atoms with van der Waals surface area (Å²) < 4.78 is 0. The predicted octanol–water partition coefficient (Wildman–Crippen LogP) is 2.87. The first-order valence-corrected chi connectivity index (χ1v) is 9.62. The maximum Gasteiger partial charge on any atom is 0.319 e. The van der Waals surface area contributed by atoms with E-state index in [1.54, 1.807) is 12.1 Å². The van der Waals surface area contributed by atoms with Crippen LogP contribution in [0, 0.1) is 0 Å². The summed E-state index contributed by atoms with van der Waals surface area (Å²) in [5, 5.41) is 9.33. The van der Waals surface area contributed by atoms with Crippen LogP contribution in [0.3, 0.4) is 0 Å². The summed E-state index contributed by atoms with van der Waals surface area (Å²) in [7, 11) is 0. The third-order valence-corrected chi connectivity index (χ3v) is 5.27. The fourth-order valence-corrected chi connectivity index (χ4v) is 3.63. The smallest absolute Gasteiger partial charge is 0.319 e. The van der Waals surface area contributed by atoms with Gasteiger partial charge in [-0.05, 0) is 42.0 Å². The maximum absolute atomic E-state index is 13.1. The van der Waals surface area contributed by atoms with Gasteiger partial charge in [-0.2, -0.15) is 0 Å². The number of carbonyl (C=O) groups is 2. The Balaban J connectivity index is 1.58. The lowest BCUT2D eigenvalue weighted by Crippen LogP contribution is -2.43. The SMILES string of the molecule is O=C1NC=C(C(=O)c2ccc(N3CCNCC3)cc2)C(c2ccc(Cl)cc2)N1. The number of anilines is 1. The highest BCUT2D eigenvalue weighted by Crippen LogP contribution is 2.28. The second-order valence-corrected chi connectivity index (χ2v) is 7.25. The summed E-state index contributed by atoms with van der Waals surface area (Å²) in [6, 6.07) is 13.9. The highest BCUT2D eigenvalue weighted by Gasteiger charge is 2.28. The molecular weight excluding hydrogens is 376 g/mol. The zero-order valence-electron chi connectivity index (χ0n) is 15.2. The van der Waals surface area contributed by atoms with Gasteiger partial charge >= 0.3 is 6.03 Å². The minimum Gasteiger partial charge on any atom is -0.369 e. The fourth-order valence-electron chi connectivity index (χ4n) is 3.51. The van der Waals surface area contributed by atoms with Crippen LogP contribution >= 0.6 is 11.6 Å². The van der Waals surface area contributed by atoms with Crippen LogP contribution in [0.1, 0.15) is 22.0 Å². The van der Waals surface area contributed by atoms with Gasteiger partial charge in [-0.25, -0.2) is 4.79 Å². The van der Waals surface area contributed by atoms with E-state index < -0.39 is 6.04 Å². The number of piperazine rings is 1. The highest BCUT2D eigenvalue weighted by atomic mass is 35.5. The second kappa shape index (κ2) is 8.04. The van der Waals surface area contributed by atoms with Gasteiger partial charge in [-0.1, -0.05) is 23.7 Å². The zero-order chi connectivity index (χ0) is 19.5. The van der Waals surface area contributed by atoms with Crippen molar-refractivity contribution in [1.29, 1.82) is 0 Å². The molecule has 0 radical (unpaired) electrons. The summed E-state index contributed by atoms with van der Waals surface area (Å²) in [6.45, 7) is 3.82. The monoisotopic (exact) mass is 396 g/mol. The van der Waals surface area contributed by atoms with Crippen LogP contribution in [0.2, 0.25) is 5.02 Å². The molecule has 2 amide bonds. The van der Waals surface area contributed by atoms with Gasteiger partial charge in [0.05, 0.1) is 6.04 Å². The Morgan fingerprint density at radius 2 is 1.68 bits per heavy atom. The van der Waals surface area contributed by atoms with E-state index in [-0.39, 0.29) is 11.8 Å². The molecule has 0 saturated carbocycles. The first-order valence-electron chi connectivity index (χ1n) is 9.25. The minimum atomic E-state index is -0.522. The van der Waals surface area contributed by atoms with Crippen molar-refractivity contribution in [3.05, 3.63) is 76.5 Å². The predicted molar refractivity (Wildman–Crippen MR) is 110 cm³/mol. The molecule has 0 bridgehead atoms. The molecule has 1 unspecified atom stereocenters. The van der Waals surface area contributed by atoms with Crippen molar-refractivity contribution in [3.63, 3.8) is 0 Å². The third-order valence-electron chi connectivity index (χ3n) is 5.02. The molecule has 4 rings (SSSR count). The normalized spacial score (nSPS) is 19.5. The van der Waals surface area contributed by atoms with E-state index in [4.69, 9.17) is 11.6 Å². The van der Waals surface area contributed by atoms with Gasteiger partial charge in [0.15, 0.2) is 5.78 Å². The fraction of sp³-hybridized carbons (Fsp3) is 0.238. The number of nitrogens with one attached hydrogen (secondary N) is 3. The topological polar surface area (TPSA) is 73.5 Å². The van der Waals surface area contributed by atoms with Crippen molar-refractivity contribution in [2.45, 2.75) is 6.04 Å². The van der Waals surface area contributed by atoms with Crippen molar-refractivity contribution in [1.82, 2.24) is 16.0 Å². The molecule has 2 aromatic carbocycles. The number of rotatable bonds is 4. The quantitative estimate of drug-likeness (QED) is 0.695. The standard InChI is InChI=1S/C21H21ClN4O2/c22-16-5-1-14(2-6-16)19-18(13-24-21(28)25-19)20(27)15-3-7-17(8-4-15)26-11-9-23-10-12-26/h1-8,13,19,23H,9-12H2,(H2,24,25,28). The Hall–Kier alpha value is -2.83. The highest BCUT2D eigenvalue weighted by molar-refractivity contribution is 6.30. The summed E-state index contributed by atoms with van der Waals surface area (Å²) in [6.07, 6.45) is 1.49. The third kappa shape index (κ3) is 3.88. The molecule has 6 nitrogen and oxygen atoms in total. The first-order chi connectivity index (χ1) is 13.6. The lowest BCUT2D eigenvalue weighted by atomic mass is 9.92. The van der Waals surface area contributed by atoms with E-state index in [0.29, 0.717) is 16.2 Å². The van der Waals surface area contributed by atoms with Gasteiger partial charge in [0, 0.05) is 54.2 Å². The number of amides is 2. The van der Waals surface area contributed by atoms with Crippen LogP contribution in [0.25, 0.3) is 0 Å². The average molecular weight is 397 g/mol. The number of ketones is 1. The van der Waals surface area contributed by atoms with Gasteiger partial charge < -0.3 is 20.9 Å². The van der Waals surface area contributed by atoms with Crippen molar-refractivity contribution < 1.29 is 9.59 Å². The molecule has 0 aromatic heterocycles. The Morgan fingerprint density at radius 1 is 1.00 bits per heavy atom. The second-order valence-electron chi connectivity index (χ2n) is 6.82. The average Bonchev–Trinajstić information content (AvgIpc) is 2.74. The number of urea groups is 1. The lowest BCUT2D eigenvalue weighted by Gasteiger charge is -2.29. The Morgan fingerprint density at radius 3 is 2.36 bits per heavy atom. The first kappa shape index (κ1) is 18.5. The van der Waals surface area contributed by atoms with Gasteiger partial charge in [-0.15, -0.1) is 0 Å². The molecule has 2 aliphatic rings. The van der Waals surface area contributed by atoms with Crippen molar-refractivity contribution >= 4 is 29.1 Å². The van der Waals surface area contributed by atoms with Crippen LogP contribution in [0.15, 0.2) is 60.3 Å². The molecule has 0 aliphatic carbocycles. The van der Waals surface area contributed by atoms with Crippen LogP contribution in [0.5, 0.6) is 0 Å². The Kier molecular flexibility index (Phi) is 5.32. The number of halogens is 1. The molecule has 1 saturated heterocycles. The zero-order valence-corrected chi connectivity index (χ0v) is 16.0. The van der Waals surface area contributed by atoms with E-state index in [2.05, 4.69) is 20.9 Å². The summed E-state index contributed by atoms with van der Waals surface area (Å²) in [5.74, 6) is -0.126. The van der Waals surface area contributed by atoms with E-state index >= 15 is 0 Å². The molecule has 2 heterocycles. The van der Waals surface area contributed by atoms with Crippen LogP contribution in [0.4, 0.5) is 10.5 Å². The molecule has 2 aromatic rings. The molecule has 0 spiro atoms. The number of Topliss-reactive ketones (excluding diaryl/α,β-unsaturated/α-hetero) is 1. The molecule has 7 heteroatoms. The Labute approximate surface area is 168 Å². The summed E-state index contributed by atoms with van der Waals surface area (Å²) in [4.78, 5) is 27.3. The van der Waals surface area contributed by atoms with Gasteiger partial charge in [0.25, 0.3) is 0 Å². The lowest BCUT2D eigenvalue weighted by molar-refractivity contribution is 0.102. The molecule has 28 heavy (non-hydrogen) atoms. The summed E-state index contributed by atoms with van der Waals surface area (Å²) in [5.41, 5.74) is 2.98. The van der Waals surface area contributed by atoms with Crippen molar-refractivity contribution in [3.8, 4) is 0 Å². The van der Waals surface area contributed by atoms with Crippen LogP contribution in [-0.2, 0) is 0 Å². The largest absolute Gasteiger partial charge is 0.369 e. The van der Waals surface area contributed by atoms with Crippen molar-refractivity contribution in [2.75, 3.05) is 31.1 Å². The number of hydrogen-bond donors (Lipinski definition) is 3. The van der Waals surface area contributed by atoms with Gasteiger partial charge in [0.1, 0.15) is 0 Å². The number of hydrogen-bond acceptors (Lipinski definition) is 4. The van der Waals surface area contributed by atoms with E-state index in [1.165, 1.54) is 6.20 Å². The number of nitrogens with zero attached hydrogens (tertiary/aromatic N) is 1. The molecule has 144 valence electrons. The number of benzene rings is 2. The van der Waals surface area contributed by atoms with Crippen molar-refractivity contribution in [2.24, 2.45) is 0 Å². The van der Waals surface area contributed by atoms with Gasteiger partial charge in [-0.3, -0.25) is 4.79 Å². The minimum absolute atomic E-state index is 0.126. The maximum atomic E-state index is 13.1. The van der Waals surface area contributed by atoms with Crippen LogP contribution in [-0.4, -0.2) is 38.0 Å². The van der Waals surface area contributed by atoms with Crippen LogP contribution < -0.4 is 20.9 Å². The number of carbonyl (C=O) groups excluding carboxylic acids is 2. The molecular formula is C21H21ClN4O2. The molecule has 2 aliphatic heterocycles. The Bertz CT molecular complexity index is 903. The molecule has 3 N–H and O–H groups in total. The molecule has 1 atom stereocenters. The van der Waals surface area contributed by atoms with Gasteiger partial charge in [0.2, 0.25) is 0 Å². The van der Waals surface area contributed by atoms with E-state index in [1.807, 2.05) is 36.4 Å².